The van der Waals surface area contributed by atoms with E-state index in [2.05, 4.69) is 0 Å². The Balaban J connectivity index is 1.64. The molecule has 2 aromatic rings. The summed E-state index contributed by atoms with van der Waals surface area (Å²) in [5, 5.41) is 10.8. The molecule has 1 saturated heterocycles. The summed E-state index contributed by atoms with van der Waals surface area (Å²) in [6, 6.07) is 14.0. The van der Waals surface area contributed by atoms with Crippen molar-refractivity contribution < 1.29 is 19.2 Å². The molecular formula is C18H16N2O5S. The predicted molar refractivity (Wildman–Crippen MR) is 96.6 cm³/mol. The number of non-ortho nitro benzene ring substituents is 1. The Hall–Kier alpha value is -2.87. The van der Waals surface area contributed by atoms with Crippen LogP contribution < -0.4 is 0 Å². The molecule has 2 aromatic carbocycles. The SMILES string of the molecule is O=C(OCc1cccc([N+](=O)[O-])c1)[C@@H]1CSCN1C(=O)c1ccccc1. The Bertz CT molecular complexity index is 827. The van der Waals surface area contributed by atoms with Gasteiger partial charge in [-0.05, 0) is 17.7 Å². The highest BCUT2D eigenvalue weighted by molar-refractivity contribution is 7.99. The Labute approximate surface area is 154 Å². The van der Waals surface area contributed by atoms with Crippen molar-refractivity contribution in [3.05, 3.63) is 75.8 Å². The third-order valence-electron chi connectivity index (χ3n) is 3.94. The summed E-state index contributed by atoms with van der Waals surface area (Å²) in [5.41, 5.74) is 0.987. The standard InChI is InChI=1S/C18H16N2O5S/c21-17(14-6-2-1-3-7-14)19-12-26-11-16(19)18(22)25-10-13-5-4-8-15(9-13)20(23)24/h1-9,16H,10-12H2/t16-/m0/s1. The number of benzene rings is 2. The number of amides is 1. The van der Waals surface area contributed by atoms with Gasteiger partial charge in [-0.25, -0.2) is 4.79 Å². The van der Waals surface area contributed by atoms with Crippen molar-refractivity contribution in [3.63, 3.8) is 0 Å². The Morgan fingerprint density at radius 1 is 1.19 bits per heavy atom. The van der Waals surface area contributed by atoms with Gasteiger partial charge in [0.05, 0.1) is 10.8 Å². The number of esters is 1. The van der Waals surface area contributed by atoms with Gasteiger partial charge in [0, 0.05) is 23.4 Å². The lowest BCUT2D eigenvalue weighted by Gasteiger charge is -2.22. The molecule has 0 unspecified atom stereocenters. The van der Waals surface area contributed by atoms with Gasteiger partial charge in [0.25, 0.3) is 11.6 Å². The fourth-order valence-corrected chi connectivity index (χ4v) is 3.73. The smallest absolute Gasteiger partial charge is 0.330 e. The van der Waals surface area contributed by atoms with Gasteiger partial charge in [-0.15, -0.1) is 11.8 Å². The lowest BCUT2D eigenvalue weighted by atomic mass is 10.2. The molecule has 1 aliphatic heterocycles. The van der Waals surface area contributed by atoms with Crippen LogP contribution in [0.2, 0.25) is 0 Å². The number of ether oxygens (including phenoxy) is 1. The minimum atomic E-state index is -0.661. The van der Waals surface area contributed by atoms with Gasteiger partial charge in [-0.1, -0.05) is 30.3 Å². The van der Waals surface area contributed by atoms with Crippen molar-refractivity contribution >= 4 is 29.3 Å². The van der Waals surface area contributed by atoms with Crippen LogP contribution in [-0.2, 0) is 16.1 Å². The first-order valence-corrected chi connectivity index (χ1v) is 9.05. The van der Waals surface area contributed by atoms with Crippen LogP contribution in [0, 0.1) is 10.1 Å². The number of thioether (sulfide) groups is 1. The molecule has 134 valence electrons. The summed E-state index contributed by atoms with van der Waals surface area (Å²) in [5.74, 6) is 0.162. The third-order valence-corrected chi connectivity index (χ3v) is 4.95. The van der Waals surface area contributed by atoms with Gasteiger partial charge >= 0.3 is 5.97 Å². The second-order valence-electron chi connectivity index (χ2n) is 5.69. The van der Waals surface area contributed by atoms with E-state index in [4.69, 9.17) is 4.74 Å². The molecule has 0 aliphatic carbocycles. The number of carbonyl (C=O) groups excluding carboxylic acids is 2. The van der Waals surface area contributed by atoms with Crippen molar-refractivity contribution in [2.24, 2.45) is 0 Å². The molecule has 7 nitrogen and oxygen atoms in total. The van der Waals surface area contributed by atoms with E-state index in [1.54, 1.807) is 30.3 Å². The molecule has 3 rings (SSSR count). The minimum Gasteiger partial charge on any atom is -0.459 e. The van der Waals surface area contributed by atoms with Crippen LogP contribution in [0.1, 0.15) is 15.9 Å². The van der Waals surface area contributed by atoms with E-state index in [1.807, 2.05) is 6.07 Å². The second kappa shape index (κ2) is 8.01. The average molecular weight is 372 g/mol. The maximum atomic E-state index is 12.6. The lowest BCUT2D eigenvalue weighted by molar-refractivity contribution is -0.384. The third kappa shape index (κ3) is 4.02. The van der Waals surface area contributed by atoms with Crippen molar-refractivity contribution in [3.8, 4) is 0 Å². The summed E-state index contributed by atoms with van der Waals surface area (Å²) in [7, 11) is 0. The summed E-state index contributed by atoms with van der Waals surface area (Å²) in [4.78, 5) is 36.8. The number of nitro benzene ring substituents is 1. The maximum absolute atomic E-state index is 12.6. The molecule has 0 saturated carbocycles. The van der Waals surface area contributed by atoms with Crippen LogP contribution in [0.25, 0.3) is 0 Å². The molecule has 26 heavy (non-hydrogen) atoms. The molecule has 1 fully saturated rings. The maximum Gasteiger partial charge on any atom is 0.330 e. The Morgan fingerprint density at radius 2 is 1.96 bits per heavy atom. The molecule has 0 radical (unpaired) electrons. The number of carbonyl (C=O) groups is 2. The van der Waals surface area contributed by atoms with E-state index in [-0.39, 0.29) is 18.2 Å². The quantitative estimate of drug-likeness (QED) is 0.455. The Kier molecular flexibility index (Phi) is 5.52. The molecule has 0 aromatic heterocycles. The lowest BCUT2D eigenvalue weighted by Crippen LogP contribution is -2.42. The van der Waals surface area contributed by atoms with E-state index in [0.717, 1.165) is 0 Å². The van der Waals surface area contributed by atoms with Crippen LogP contribution in [0.4, 0.5) is 5.69 Å². The van der Waals surface area contributed by atoms with E-state index < -0.39 is 16.9 Å². The molecule has 0 N–H and O–H groups in total. The van der Waals surface area contributed by atoms with E-state index in [0.29, 0.717) is 22.8 Å². The average Bonchev–Trinajstić information content (AvgIpc) is 3.16. The summed E-state index contributed by atoms with van der Waals surface area (Å²) in [6.07, 6.45) is 0. The van der Waals surface area contributed by atoms with Crippen LogP contribution in [-0.4, -0.2) is 39.4 Å². The van der Waals surface area contributed by atoms with Crippen molar-refractivity contribution in [1.29, 1.82) is 0 Å². The zero-order valence-corrected chi connectivity index (χ0v) is 14.6. The van der Waals surface area contributed by atoms with Crippen LogP contribution in [0.5, 0.6) is 0 Å². The van der Waals surface area contributed by atoms with Gasteiger partial charge in [0.2, 0.25) is 0 Å². The number of hydrogen-bond acceptors (Lipinski definition) is 6. The highest BCUT2D eigenvalue weighted by Gasteiger charge is 2.36. The number of hydrogen-bond donors (Lipinski definition) is 0. The molecule has 1 heterocycles. The molecular weight excluding hydrogens is 356 g/mol. The first kappa shape index (κ1) is 17.9. The fourth-order valence-electron chi connectivity index (χ4n) is 2.60. The van der Waals surface area contributed by atoms with E-state index in [9.17, 15) is 19.7 Å². The largest absolute Gasteiger partial charge is 0.459 e. The molecule has 1 aliphatic rings. The number of nitro groups is 1. The second-order valence-corrected chi connectivity index (χ2v) is 6.69. The zero-order chi connectivity index (χ0) is 18.5. The first-order valence-electron chi connectivity index (χ1n) is 7.90. The van der Waals surface area contributed by atoms with Gasteiger partial charge in [-0.2, -0.15) is 0 Å². The molecule has 1 amide bonds. The first-order chi connectivity index (χ1) is 12.6. The predicted octanol–water partition coefficient (Wildman–Crippen LogP) is 2.85. The van der Waals surface area contributed by atoms with Crippen molar-refractivity contribution in [2.75, 3.05) is 11.6 Å². The monoisotopic (exact) mass is 372 g/mol. The zero-order valence-electron chi connectivity index (χ0n) is 13.7. The molecule has 8 heteroatoms. The van der Waals surface area contributed by atoms with Crippen LogP contribution >= 0.6 is 11.8 Å². The highest BCUT2D eigenvalue weighted by atomic mass is 32.2. The van der Waals surface area contributed by atoms with Gasteiger partial charge in [0.1, 0.15) is 12.6 Å². The van der Waals surface area contributed by atoms with Crippen molar-refractivity contribution in [1.82, 2.24) is 4.90 Å². The number of rotatable bonds is 5. The van der Waals surface area contributed by atoms with Crippen molar-refractivity contribution in [2.45, 2.75) is 12.6 Å². The summed E-state index contributed by atoms with van der Waals surface area (Å²) >= 11 is 1.48. The van der Waals surface area contributed by atoms with Crippen LogP contribution in [0.3, 0.4) is 0 Å². The van der Waals surface area contributed by atoms with Gasteiger partial charge in [0.15, 0.2) is 0 Å². The summed E-state index contributed by atoms with van der Waals surface area (Å²) in [6.45, 7) is -0.0744. The topological polar surface area (TPSA) is 89.8 Å². The molecule has 0 bridgehead atoms. The summed E-state index contributed by atoms with van der Waals surface area (Å²) < 4.78 is 5.29. The molecule has 1 atom stereocenters. The van der Waals surface area contributed by atoms with Gasteiger partial charge < -0.3 is 9.64 Å². The minimum absolute atomic E-state index is 0.0594. The van der Waals surface area contributed by atoms with Crippen LogP contribution in [0.15, 0.2) is 54.6 Å². The normalized spacial score (nSPS) is 16.3. The number of nitrogens with zero attached hydrogens (tertiary/aromatic N) is 2. The molecule has 0 spiro atoms. The van der Waals surface area contributed by atoms with E-state index in [1.165, 1.54) is 34.9 Å². The highest BCUT2D eigenvalue weighted by Crippen LogP contribution is 2.24. The Morgan fingerprint density at radius 3 is 2.69 bits per heavy atom. The van der Waals surface area contributed by atoms with E-state index >= 15 is 0 Å². The fraction of sp³-hybridized carbons (Fsp3) is 0.222. The van der Waals surface area contributed by atoms with Gasteiger partial charge in [-0.3, -0.25) is 14.9 Å².